The number of imidazole rings is 1. The van der Waals surface area contributed by atoms with E-state index in [0.29, 0.717) is 5.92 Å². The van der Waals surface area contributed by atoms with Gasteiger partial charge in [0, 0.05) is 19.2 Å². The van der Waals surface area contributed by atoms with Gasteiger partial charge in [0.25, 0.3) is 0 Å². The molecule has 1 aromatic heterocycles. The first-order chi connectivity index (χ1) is 5.77. The lowest BCUT2D eigenvalue weighted by atomic mass is 9.98. The van der Waals surface area contributed by atoms with Crippen LogP contribution < -0.4 is 0 Å². The molecule has 0 saturated heterocycles. The molecule has 68 valence electrons. The van der Waals surface area contributed by atoms with Gasteiger partial charge in [-0.1, -0.05) is 20.3 Å². The molecule has 0 N–H and O–H groups in total. The van der Waals surface area contributed by atoms with Crippen molar-refractivity contribution in [2.45, 2.75) is 39.0 Å². The number of hydrogen-bond donors (Lipinski definition) is 0. The molecule has 1 atom stereocenters. The van der Waals surface area contributed by atoms with Crippen molar-refractivity contribution in [2.75, 3.05) is 0 Å². The van der Waals surface area contributed by atoms with E-state index in [2.05, 4.69) is 25.0 Å². The highest BCUT2D eigenvalue weighted by atomic mass is 15.0. The number of aryl methyl sites for hydroxylation is 1. The topological polar surface area (TPSA) is 17.8 Å². The van der Waals surface area contributed by atoms with E-state index in [1.807, 2.05) is 17.9 Å². The number of hydrogen-bond acceptors (Lipinski definition) is 1. The molecule has 0 aliphatic rings. The molecule has 1 unspecified atom stereocenters. The average molecular weight is 166 g/mol. The van der Waals surface area contributed by atoms with E-state index in [4.69, 9.17) is 0 Å². The van der Waals surface area contributed by atoms with Gasteiger partial charge in [0.2, 0.25) is 0 Å². The Morgan fingerprint density at radius 2 is 2.25 bits per heavy atom. The second-order valence-corrected chi connectivity index (χ2v) is 3.36. The zero-order valence-electron chi connectivity index (χ0n) is 8.25. The van der Waals surface area contributed by atoms with Crippen LogP contribution in [0.1, 0.15) is 44.7 Å². The van der Waals surface area contributed by atoms with E-state index in [0.717, 1.165) is 0 Å². The largest absolute Gasteiger partial charge is 0.340 e. The van der Waals surface area contributed by atoms with E-state index < -0.39 is 0 Å². The Balaban J connectivity index is 2.66. The molecule has 2 nitrogen and oxygen atoms in total. The molecule has 2 heteroatoms. The van der Waals surface area contributed by atoms with Gasteiger partial charge in [0.15, 0.2) is 0 Å². The van der Waals surface area contributed by atoms with Crippen LogP contribution in [0.15, 0.2) is 12.5 Å². The normalized spacial score (nSPS) is 13.2. The Morgan fingerprint density at radius 3 is 2.67 bits per heavy atom. The van der Waals surface area contributed by atoms with Gasteiger partial charge >= 0.3 is 0 Å². The van der Waals surface area contributed by atoms with Gasteiger partial charge in [-0.25, -0.2) is 4.98 Å². The van der Waals surface area contributed by atoms with Gasteiger partial charge in [-0.3, -0.25) is 0 Å². The second kappa shape index (κ2) is 4.29. The fourth-order valence-corrected chi connectivity index (χ4v) is 1.55. The lowest BCUT2D eigenvalue weighted by molar-refractivity contribution is 0.583. The van der Waals surface area contributed by atoms with Crippen LogP contribution in [0.4, 0.5) is 0 Å². The van der Waals surface area contributed by atoms with Gasteiger partial charge in [-0.2, -0.15) is 0 Å². The molecule has 0 spiro atoms. The van der Waals surface area contributed by atoms with Gasteiger partial charge in [-0.05, 0) is 12.8 Å². The van der Waals surface area contributed by atoms with Gasteiger partial charge in [0.05, 0.1) is 12.0 Å². The molecule has 1 aromatic rings. The Hall–Kier alpha value is -0.790. The highest BCUT2D eigenvalue weighted by Gasteiger charge is 2.09. The maximum absolute atomic E-state index is 4.37. The third-order valence-corrected chi connectivity index (χ3v) is 2.27. The van der Waals surface area contributed by atoms with Crippen molar-refractivity contribution >= 4 is 0 Å². The summed E-state index contributed by atoms with van der Waals surface area (Å²) >= 11 is 0. The maximum atomic E-state index is 4.37. The van der Waals surface area contributed by atoms with E-state index in [9.17, 15) is 0 Å². The first-order valence-corrected chi connectivity index (χ1v) is 4.75. The van der Waals surface area contributed by atoms with E-state index in [-0.39, 0.29) is 0 Å². The summed E-state index contributed by atoms with van der Waals surface area (Å²) in [5.41, 5.74) is 1.25. The van der Waals surface area contributed by atoms with Crippen molar-refractivity contribution in [3.05, 3.63) is 18.2 Å². The molecule has 0 aromatic carbocycles. The third kappa shape index (κ3) is 2.10. The molecule has 0 saturated carbocycles. The van der Waals surface area contributed by atoms with Crippen LogP contribution in [0.25, 0.3) is 0 Å². The Kier molecular flexibility index (Phi) is 3.32. The monoisotopic (exact) mass is 166 g/mol. The van der Waals surface area contributed by atoms with E-state index >= 15 is 0 Å². The summed E-state index contributed by atoms with van der Waals surface area (Å²) in [7, 11) is 2.02. The lowest BCUT2D eigenvalue weighted by Gasteiger charge is -2.09. The third-order valence-electron chi connectivity index (χ3n) is 2.27. The molecule has 0 aliphatic carbocycles. The van der Waals surface area contributed by atoms with E-state index in [1.54, 1.807) is 0 Å². The van der Waals surface area contributed by atoms with Crippen molar-refractivity contribution < 1.29 is 0 Å². The van der Waals surface area contributed by atoms with E-state index in [1.165, 1.54) is 25.0 Å². The second-order valence-electron chi connectivity index (χ2n) is 3.36. The zero-order valence-corrected chi connectivity index (χ0v) is 8.25. The molecule has 0 bridgehead atoms. The molecular weight excluding hydrogens is 148 g/mol. The zero-order chi connectivity index (χ0) is 8.97. The maximum Gasteiger partial charge on any atom is 0.0946 e. The molecule has 1 heterocycles. The minimum Gasteiger partial charge on any atom is -0.340 e. The average Bonchev–Trinajstić information content (AvgIpc) is 2.47. The minimum atomic E-state index is 0.663. The van der Waals surface area contributed by atoms with Crippen LogP contribution in [-0.4, -0.2) is 9.55 Å². The smallest absolute Gasteiger partial charge is 0.0946 e. The van der Waals surface area contributed by atoms with Crippen LogP contribution in [0.3, 0.4) is 0 Å². The summed E-state index contributed by atoms with van der Waals surface area (Å²) in [6, 6.07) is 0. The predicted octanol–water partition coefficient (Wildman–Crippen LogP) is 2.71. The fraction of sp³-hybridized carbons (Fsp3) is 0.700. The Bertz CT molecular complexity index is 227. The number of rotatable bonds is 4. The first kappa shape index (κ1) is 9.30. The summed E-state index contributed by atoms with van der Waals surface area (Å²) in [6.45, 7) is 4.46. The van der Waals surface area contributed by atoms with Gasteiger partial charge in [-0.15, -0.1) is 0 Å². The summed E-state index contributed by atoms with van der Waals surface area (Å²) < 4.78 is 2.02. The van der Waals surface area contributed by atoms with Crippen LogP contribution in [0.2, 0.25) is 0 Å². The highest BCUT2D eigenvalue weighted by molar-refractivity contribution is 5.03. The number of nitrogens with zero attached hydrogens (tertiary/aromatic N) is 2. The standard InChI is InChI=1S/C10H18N2/c1-4-6-9(5-2)10-7-12(3)8-11-10/h7-9H,4-6H2,1-3H3. The Labute approximate surface area is 74.6 Å². The lowest BCUT2D eigenvalue weighted by Crippen LogP contribution is -1.96. The van der Waals surface area contributed by atoms with Crippen LogP contribution in [0, 0.1) is 0 Å². The van der Waals surface area contributed by atoms with Crippen LogP contribution in [-0.2, 0) is 7.05 Å². The SMILES string of the molecule is CCCC(CC)c1cn(C)cn1. The summed E-state index contributed by atoms with van der Waals surface area (Å²) in [5.74, 6) is 0.663. The predicted molar refractivity (Wildman–Crippen MR) is 51.1 cm³/mol. The molecule has 0 aliphatic heterocycles. The van der Waals surface area contributed by atoms with Crippen molar-refractivity contribution in [3.63, 3.8) is 0 Å². The molecule has 0 amide bonds. The fourth-order valence-electron chi connectivity index (χ4n) is 1.55. The van der Waals surface area contributed by atoms with Crippen molar-refractivity contribution in [1.82, 2.24) is 9.55 Å². The van der Waals surface area contributed by atoms with Crippen molar-refractivity contribution in [2.24, 2.45) is 7.05 Å². The summed E-state index contributed by atoms with van der Waals surface area (Å²) in [4.78, 5) is 4.37. The molecule has 12 heavy (non-hydrogen) atoms. The summed E-state index contributed by atoms with van der Waals surface area (Å²) in [6.07, 6.45) is 7.71. The quantitative estimate of drug-likeness (QED) is 0.672. The molecule has 1 rings (SSSR count). The molecule has 0 radical (unpaired) electrons. The van der Waals surface area contributed by atoms with Crippen molar-refractivity contribution in [1.29, 1.82) is 0 Å². The van der Waals surface area contributed by atoms with Gasteiger partial charge < -0.3 is 4.57 Å². The first-order valence-electron chi connectivity index (χ1n) is 4.75. The van der Waals surface area contributed by atoms with Crippen molar-refractivity contribution in [3.8, 4) is 0 Å². The Morgan fingerprint density at radius 1 is 1.50 bits per heavy atom. The minimum absolute atomic E-state index is 0.663. The number of aromatic nitrogens is 2. The highest BCUT2D eigenvalue weighted by Crippen LogP contribution is 2.22. The molecular formula is C10H18N2. The van der Waals surface area contributed by atoms with Gasteiger partial charge in [0.1, 0.15) is 0 Å². The summed E-state index contributed by atoms with van der Waals surface area (Å²) in [5, 5.41) is 0. The van der Waals surface area contributed by atoms with Crippen LogP contribution in [0.5, 0.6) is 0 Å². The van der Waals surface area contributed by atoms with Crippen LogP contribution >= 0.6 is 0 Å². The molecule has 0 fully saturated rings.